The fourth-order valence-electron chi connectivity index (χ4n) is 4.33. The summed E-state index contributed by atoms with van der Waals surface area (Å²) in [6.07, 6.45) is 0.564. The van der Waals surface area contributed by atoms with E-state index in [2.05, 4.69) is 0 Å². The summed E-state index contributed by atoms with van der Waals surface area (Å²) in [5, 5.41) is 10.1. The molecule has 2 heterocycles. The number of ether oxygens (including phenoxy) is 1. The number of amides is 1. The molecule has 5 rings (SSSR count). The number of halogens is 1. The van der Waals surface area contributed by atoms with E-state index < -0.39 is 23.2 Å². The number of benzene rings is 3. The maximum Gasteiger partial charge on any atom is 0.290 e. The van der Waals surface area contributed by atoms with Gasteiger partial charge in [-0.1, -0.05) is 36.4 Å². The van der Waals surface area contributed by atoms with Crippen LogP contribution in [0.3, 0.4) is 0 Å². The number of carbonyl (C=O) groups excluding carboxylic acids is 1. The Hall–Kier alpha value is -4.13. The van der Waals surface area contributed by atoms with E-state index in [9.17, 15) is 19.1 Å². The number of hydrogen-bond donors (Lipinski definition) is 1. The van der Waals surface area contributed by atoms with Gasteiger partial charge in [0.1, 0.15) is 11.4 Å². The lowest BCUT2D eigenvalue weighted by molar-refractivity contribution is 0.0730. The van der Waals surface area contributed by atoms with Gasteiger partial charge in [0, 0.05) is 6.54 Å². The van der Waals surface area contributed by atoms with Gasteiger partial charge in [-0.15, -0.1) is 0 Å². The van der Waals surface area contributed by atoms with Crippen LogP contribution in [-0.2, 0) is 6.42 Å². The lowest BCUT2D eigenvalue weighted by atomic mass is 9.97. The van der Waals surface area contributed by atoms with E-state index in [1.54, 1.807) is 17.0 Å². The zero-order chi connectivity index (χ0) is 23.1. The van der Waals surface area contributed by atoms with Crippen molar-refractivity contribution < 1.29 is 23.4 Å². The molecule has 0 aliphatic carbocycles. The minimum atomic E-state index is -0.769. The zero-order valence-electron chi connectivity index (χ0n) is 17.7. The summed E-state index contributed by atoms with van der Waals surface area (Å²) >= 11 is 0. The molecule has 1 amide bonds. The SMILES string of the molecule is COc1cc(C2c3c(oc4ccc(F)cc4c3=O)C(=O)N2CCc2ccccc2)ccc1O. The number of carbonyl (C=O) groups is 1. The van der Waals surface area contributed by atoms with E-state index in [0.717, 1.165) is 11.6 Å². The molecule has 33 heavy (non-hydrogen) atoms. The predicted octanol–water partition coefficient (Wildman–Crippen LogP) is 4.43. The Morgan fingerprint density at radius 1 is 1.06 bits per heavy atom. The summed E-state index contributed by atoms with van der Waals surface area (Å²) in [5.41, 5.74) is 1.46. The average Bonchev–Trinajstić information content (AvgIpc) is 3.11. The molecule has 7 heteroatoms. The molecule has 1 aromatic heterocycles. The van der Waals surface area contributed by atoms with E-state index in [0.29, 0.717) is 18.5 Å². The summed E-state index contributed by atoms with van der Waals surface area (Å²) in [7, 11) is 1.42. The number of phenols is 1. The highest BCUT2D eigenvalue weighted by Crippen LogP contribution is 2.40. The van der Waals surface area contributed by atoms with Gasteiger partial charge < -0.3 is 19.2 Å². The molecule has 0 saturated carbocycles. The third kappa shape index (κ3) is 3.51. The third-order valence-corrected chi connectivity index (χ3v) is 5.93. The van der Waals surface area contributed by atoms with Crippen LogP contribution < -0.4 is 10.2 Å². The lowest BCUT2D eigenvalue weighted by Crippen LogP contribution is -2.31. The number of phenolic OH excluding ortho intramolecular Hbond substituents is 1. The molecule has 166 valence electrons. The molecule has 1 aliphatic heterocycles. The number of nitrogens with zero attached hydrogens (tertiary/aromatic N) is 1. The van der Waals surface area contributed by atoms with Gasteiger partial charge in [-0.3, -0.25) is 9.59 Å². The average molecular weight is 445 g/mol. The topological polar surface area (TPSA) is 80.0 Å². The molecule has 0 radical (unpaired) electrons. The fraction of sp³-hybridized carbons (Fsp3) is 0.154. The Labute approximate surface area is 188 Å². The van der Waals surface area contributed by atoms with Crippen molar-refractivity contribution >= 4 is 16.9 Å². The molecule has 1 unspecified atom stereocenters. The summed E-state index contributed by atoms with van der Waals surface area (Å²) < 4.78 is 25.0. The molecule has 1 atom stereocenters. The first-order valence-electron chi connectivity index (χ1n) is 10.5. The highest BCUT2D eigenvalue weighted by molar-refractivity contribution is 5.99. The maximum atomic E-state index is 13.9. The minimum Gasteiger partial charge on any atom is -0.504 e. The van der Waals surface area contributed by atoms with Gasteiger partial charge >= 0.3 is 0 Å². The van der Waals surface area contributed by atoms with Crippen molar-refractivity contribution in [1.29, 1.82) is 0 Å². The third-order valence-electron chi connectivity index (χ3n) is 5.93. The quantitative estimate of drug-likeness (QED) is 0.492. The molecule has 0 fully saturated rings. The highest BCUT2D eigenvalue weighted by Gasteiger charge is 2.42. The van der Waals surface area contributed by atoms with Crippen molar-refractivity contribution in [3.63, 3.8) is 0 Å². The Morgan fingerprint density at radius 3 is 2.61 bits per heavy atom. The van der Waals surface area contributed by atoms with Crippen LogP contribution in [0.1, 0.15) is 33.3 Å². The molecular formula is C26H20FNO5. The highest BCUT2D eigenvalue weighted by atomic mass is 19.1. The Morgan fingerprint density at radius 2 is 1.85 bits per heavy atom. The maximum absolute atomic E-state index is 13.9. The number of rotatable bonds is 5. The van der Waals surface area contributed by atoms with E-state index in [-0.39, 0.29) is 33.8 Å². The largest absolute Gasteiger partial charge is 0.504 e. The Bertz CT molecular complexity index is 1430. The van der Waals surface area contributed by atoms with Crippen LogP contribution in [0.2, 0.25) is 0 Å². The molecular weight excluding hydrogens is 425 g/mol. The van der Waals surface area contributed by atoms with Crippen molar-refractivity contribution in [3.8, 4) is 11.5 Å². The van der Waals surface area contributed by atoms with Crippen LogP contribution in [0.4, 0.5) is 4.39 Å². The first kappa shape index (κ1) is 20.8. The first-order valence-corrected chi connectivity index (χ1v) is 10.5. The van der Waals surface area contributed by atoms with Gasteiger partial charge in [-0.25, -0.2) is 4.39 Å². The Balaban J connectivity index is 1.68. The second kappa shape index (κ2) is 8.09. The smallest absolute Gasteiger partial charge is 0.290 e. The monoisotopic (exact) mass is 445 g/mol. The number of methoxy groups -OCH3 is 1. The van der Waals surface area contributed by atoms with Crippen molar-refractivity contribution in [2.45, 2.75) is 12.5 Å². The van der Waals surface area contributed by atoms with Crippen molar-refractivity contribution in [2.75, 3.05) is 13.7 Å². The van der Waals surface area contributed by atoms with E-state index in [1.807, 2.05) is 30.3 Å². The summed E-state index contributed by atoms with van der Waals surface area (Å²) in [4.78, 5) is 28.5. The van der Waals surface area contributed by atoms with E-state index in [1.165, 1.54) is 25.3 Å². The number of fused-ring (bicyclic) bond motifs is 2. The van der Waals surface area contributed by atoms with Crippen LogP contribution in [0.5, 0.6) is 11.5 Å². The molecule has 4 aromatic rings. The van der Waals surface area contributed by atoms with E-state index in [4.69, 9.17) is 9.15 Å². The van der Waals surface area contributed by atoms with Crippen molar-refractivity contribution in [2.24, 2.45) is 0 Å². The minimum absolute atomic E-state index is 0.0517. The summed E-state index contributed by atoms with van der Waals surface area (Å²) in [5.74, 6) is -0.879. The summed E-state index contributed by atoms with van der Waals surface area (Å²) in [6.45, 7) is 0.324. The van der Waals surface area contributed by atoms with Crippen LogP contribution in [0, 0.1) is 5.82 Å². The number of hydrogen-bond acceptors (Lipinski definition) is 5. The molecule has 6 nitrogen and oxygen atoms in total. The molecule has 0 bridgehead atoms. The second-order valence-corrected chi connectivity index (χ2v) is 7.88. The normalized spacial score (nSPS) is 15.2. The molecule has 1 N–H and O–H groups in total. The van der Waals surface area contributed by atoms with Gasteiger partial charge in [0.05, 0.1) is 24.1 Å². The van der Waals surface area contributed by atoms with Crippen molar-refractivity contribution in [1.82, 2.24) is 4.90 Å². The standard InChI is InChI=1S/C26H20FNO5/c1-32-21-13-16(7-9-19(21)29)23-22-24(30)18-14-17(27)8-10-20(18)33-25(22)26(31)28(23)12-11-15-5-3-2-4-6-15/h2-10,13-14,23,29H,11-12H2,1H3. The molecule has 0 spiro atoms. The van der Waals surface area contributed by atoms with Gasteiger partial charge in [0.25, 0.3) is 5.91 Å². The van der Waals surface area contributed by atoms with Gasteiger partial charge in [-0.2, -0.15) is 0 Å². The zero-order valence-corrected chi connectivity index (χ0v) is 17.7. The van der Waals surface area contributed by atoms with Crippen LogP contribution in [0.25, 0.3) is 11.0 Å². The van der Waals surface area contributed by atoms with Crippen molar-refractivity contribution in [3.05, 3.63) is 105 Å². The Kier molecular flexibility index (Phi) is 5.09. The van der Waals surface area contributed by atoms with E-state index >= 15 is 0 Å². The second-order valence-electron chi connectivity index (χ2n) is 7.88. The molecule has 3 aromatic carbocycles. The first-order chi connectivity index (χ1) is 16.0. The fourth-order valence-corrected chi connectivity index (χ4v) is 4.33. The van der Waals surface area contributed by atoms with Gasteiger partial charge in [0.15, 0.2) is 16.9 Å². The summed E-state index contributed by atoms with van der Waals surface area (Å²) in [6, 6.07) is 17.3. The molecule has 1 aliphatic rings. The van der Waals surface area contributed by atoms with Crippen LogP contribution >= 0.6 is 0 Å². The predicted molar refractivity (Wildman–Crippen MR) is 120 cm³/mol. The number of aromatic hydroxyl groups is 1. The van der Waals surface area contributed by atoms with Crippen LogP contribution in [0.15, 0.2) is 75.9 Å². The molecule has 0 saturated heterocycles. The van der Waals surface area contributed by atoms with Gasteiger partial charge in [0.2, 0.25) is 5.76 Å². The van der Waals surface area contributed by atoms with Crippen LogP contribution in [-0.4, -0.2) is 29.6 Å². The lowest BCUT2D eigenvalue weighted by Gasteiger charge is -2.25. The van der Waals surface area contributed by atoms with Gasteiger partial charge in [-0.05, 0) is 47.9 Å².